The average molecular weight is 398 g/mol. The Balaban J connectivity index is 1.71. The van der Waals surface area contributed by atoms with Gasteiger partial charge >= 0.3 is 0 Å². The fourth-order valence-electron chi connectivity index (χ4n) is 3.01. The Morgan fingerprint density at radius 2 is 2.04 bits per heavy atom. The lowest BCUT2D eigenvalue weighted by Crippen LogP contribution is -2.38. The molecule has 1 aliphatic rings. The summed E-state index contributed by atoms with van der Waals surface area (Å²) in [5.74, 6) is 0.675. The Bertz CT molecular complexity index is 951. The summed E-state index contributed by atoms with van der Waals surface area (Å²) >= 11 is 3.47. The first-order valence-corrected chi connectivity index (χ1v) is 8.79. The van der Waals surface area contributed by atoms with Crippen LogP contribution in [0.25, 0.3) is 5.69 Å². The van der Waals surface area contributed by atoms with Gasteiger partial charge < -0.3 is 9.64 Å². The lowest BCUT2D eigenvalue weighted by molar-refractivity contribution is 0.0976. The Morgan fingerprint density at radius 1 is 1.20 bits per heavy atom. The van der Waals surface area contributed by atoms with Crippen molar-refractivity contribution in [1.29, 1.82) is 0 Å². The number of hydrogen-bond donors (Lipinski definition) is 0. The van der Waals surface area contributed by atoms with Crippen LogP contribution in [0.15, 0.2) is 59.2 Å². The van der Waals surface area contributed by atoms with Crippen molar-refractivity contribution >= 4 is 27.5 Å². The number of halogens is 1. The number of ether oxygens (including phenoxy) is 1. The topological polar surface area (TPSA) is 47.4 Å². The van der Waals surface area contributed by atoms with Crippen molar-refractivity contribution in [2.45, 2.75) is 6.92 Å². The number of hydrogen-bond acceptors (Lipinski definition) is 3. The number of benzene rings is 2. The molecular weight excluding hydrogens is 382 g/mol. The summed E-state index contributed by atoms with van der Waals surface area (Å²) in [4.78, 5) is 14.9. The fourth-order valence-corrected chi connectivity index (χ4v) is 3.40. The van der Waals surface area contributed by atoms with Crippen LogP contribution in [-0.2, 0) is 0 Å². The quantitative estimate of drug-likeness (QED) is 0.656. The Hall–Kier alpha value is -2.60. The number of rotatable bonds is 2. The second kappa shape index (κ2) is 6.37. The van der Waals surface area contributed by atoms with E-state index in [9.17, 15) is 4.79 Å². The lowest BCUT2D eigenvalue weighted by atomic mass is 10.1. The molecule has 1 aliphatic heterocycles. The molecule has 0 aliphatic carbocycles. The van der Waals surface area contributed by atoms with Crippen LogP contribution in [0.4, 0.5) is 5.69 Å². The summed E-state index contributed by atoms with van der Waals surface area (Å²) in [5.41, 5.74) is 3.12. The summed E-state index contributed by atoms with van der Waals surface area (Å²) in [5, 5.41) is 4.42. The third-order valence-corrected chi connectivity index (χ3v) is 4.76. The SMILES string of the molecule is Cc1c(C(=O)N2CCOc3ccccc32)cnn1-c1cccc(Br)c1. The van der Waals surface area contributed by atoms with Gasteiger partial charge in [-0.2, -0.15) is 5.10 Å². The van der Waals surface area contributed by atoms with Gasteiger partial charge in [0.2, 0.25) is 0 Å². The van der Waals surface area contributed by atoms with E-state index in [1.807, 2.05) is 55.5 Å². The van der Waals surface area contributed by atoms with Crippen molar-refractivity contribution in [3.8, 4) is 11.4 Å². The maximum absolute atomic E-state index is 13.1. The van der Waals surface area contributed by atoms with Gasteiger partial charge in [0.1, 0.15) is 12.4 Å². The summed E-state index contributed by atoms with van der Waals surface area (Å²) in [7, 11) is 0. The molecule has 0 N–H and O–H groups in total. The molecule has 1 amide bonds. The minimum atomic E-state index is -0.0607. The number of fused-ring (bicyclic) bond motifs is 1. The van der Waals surface area contributed by atoms with E-state index in [2.05, 4.69) is 21.0 Å². The van der Waals surface area contributed by atoms with Gasteiger partial charge in [-0.25, -0.2) is 4.68 Å². The zero-order valence-electron chi connectivity index (χ0n) is 13.6. The Kier molecular flexibility index (Phi) is 4.05. The first kappa shape index (κ1) is 15.9. The Morgan fingerprint density at radius 3 is 2.88 bits per heavy atom. The van der Waals surface area contributed by atoms with Crippen LogP contribution in [-0.4, -0.2) is 28.8 Å². The van der Waals surface area contributed by atoms with Gasteiger partial charge in [0.25, 0.3) is 5.91 Å². The number of carbonyl (C=O) groups excluding carboxylic acids is 1. The summed E-state index contributed by atoms with van der Waals surface area (Å²) in [6.45, 7) is 2.92. The minimum absolute atomic E-state index is 0.0607. The molecule has 0 radical (unpaired) electrons. The molecule has 0 saturated heterocycles. The van der Waals surface area contributed by atoms with E-state index in [0.29, 0.717) is 18.7 Å². The zero-order chi connectivity index (χ0) is 17.4. The molecule has 0 spiro atoms. The molecule has 3 aromatic rings. The van der Waals surface area contributed by atoms with Gasteiger partial charge in [-0.05, 0) is 37.3 Å². The molecule has 0 atom stereocenters. The highest BCUT2D eigenvalue weighted by Crippen LogP contribution is 2.32. The highest BCUT2D eigenvalue weighted by atomic mass is 79.9. The number of para-hydroxylation sites is 2. The van der Waals surface area contributed by atoms with Crippen LogP contribution < -0.4 is 9.64 Å². The third-order valence-electron chi connectivity index (χ3n) is 4.27. The van der Waals surface area contributed by atoms with Crippen LogP contribution in [0.2, 0.25) is 0 Å². The minimum Gasteiger partial charge on any atom is -0.490 e. The standard InChI is InChI=1S/C19H16BrN3O2/c1-13-16(12-21-23(13)15-6-4-5-14(20)11-15)19(24)22-9-10-25-18-8-3-2-7-17(18)22/h2-8,11-12H,9-10H2,1H3. The van der Waals surface area contributed by atoms with E-state index in [1.165, 1.54) is 0 Å². The fraction of sp³-hybridized carbons (Fsp3) is 0.158. The average Bonchev–Trinajstić information content (AvgIpc) is 3.02. The van der Waals surface area contributed by atoms with Crippen molar-refractivity contribution in [3.05, 3.63) is 70.5 Å². The maximum atomic E-state index is 13.1. The van der Waals surface area contributed by atoms with Crippen LogP contribution in [0.5, 0.6) is 5.75 Å². The number of amides is 1. The molecule has 1 aromatic heterocycles. The predicted octanol–water partition coefficient (Wildman–Crippen LogP) is 3.98. The van der Waals surface area contributed by atoms with Crippen molar-refractivity contribution in [1.82, 2.24) is 9.78 Å². The third kappa shape index (κ3) is 2.82. The smallest absolute Gasteiger partial charge is 0.261 e. The highest BCUT2D eigenvalue weighted by Gasteiger charge is 2.27. The van der Waals surface area contributed by atoms with E-state index in [1.54, 1.807) is 15.8 Å². The molecule has 0 unspecified atom stereocenters. The molecule has 4 rings (SSSR count). The molecule has 25 heavy (non-hydrogen) atoms. The van der Waals surface area contributed by atoms with Gasteiger partial charge in [0.15, 0.2) is 0 Å². The van der Waals surface area contributed by atoms with Crippen molar-refractivity contribution in [2.24, 2.45) is 0 Å². The monoisotopic (exact) mass is 397 g/mol. The van der Waals surface area contributed by atoms with Gasteiger partial charge in [0.05, 0.1) is 35.4 Å². The number of carbonyl (C=O) groups is 1. The van der Waals surface area contributed by atoms with E-state index >= 15 is 0 Å². The summed E-state index contributed by atoms with van der Waals surface area (Å²) in [6, 6.07) is 15.4. The highest BCUT2D eigenvalue weighted by molar-refractivity contribution is 9.10. The number of anilines is 1. The van der Waals surface area contributed by atoms with Crippen molar-refractivity contribution in [2.75, 3.05) is 18.1 Å². The first-order chi connectivity index (χ1) is 12.1. The molecule has 0 fully saturated rings. The molecule has 0 saturated carbocycles. The molecule has 2 aromatic carbocycles. The van der Waals surface area contributed by atoms with Gasteiger partial charge in [0, 0.05) is 4.47 Å². The largest absolute Gasteiger partial charge is 0.490 e. The molecule has 0 bridgehead atoms. The van der Waals surface area contributed by atoms with E-state index in [-0.39, 0.29) is 5.91 Å². The maximum Gasteiger partial charge on any atom is 0.261 e. The van der Waals surface area contributed by atoms with Crippen LogP contribution >= 0.6 is 15.9 Å². The van der Waals surface area contributed by atoms with Gasteiger partial charge in [-0.15, -0.1) is 0 Å². The van der Waals surface area contributed by atoms with Gasteiger partial charge in [-0.1, -0.05) is 34.1 Å². The predicted molar refractivity (Wildman–Crippen MR) is 99.6 cm³/mol. The van der Waals surface area contributed by atoms with Gasteiger partial charge in [-0.3, -0.25) is 4.79 Å². The number of nitrogens with zero attached hydrogens (tertiary/aromatic N) is 3. The lowest BCUT2D eigenvalue weighted by Gasteiger charge is -2.29. The second-order valence-corrected chi connectivity index (χ2v) is 6.72. The summed E-state index contributed by atoms with van der Waals surface area (Å²) in [6.07, 6.45) is 1.64. The zero-order valence-corrected chi connectivity index (χ0v) is 15.2. The van der Waals surface area contributed by atoms with Crippen LogP contribution in [0, 0.1) is 6.92 Å². The van der Waals surface area contributed by atoms with Crippen LogP contribution in [0.1, 0.15) is 16.1 Å². The van der Waals surface area contributed by atoms with Crippen LogP contribution in [0.3, 0.4) is 0 Å². The second-order valence-electron chi connectivity index (χ2n) is 5.81. The van der Waals surface area contributed by atoms with E-state index in [0.717, 1.165) is 27.3 Å². The Labute approximate surface area is 154 Å². The van der Waals surface area contributed by atoms with E-state index < -0.39 is 0 Å². The summed E-state index contributed by atoms with van der Waals surface area (Å²) < 4.78 is 8.39. The van der Waals surface area contributed by atoms with Crippen molar-refractivity contribution < 1.29 is 9.53 Å². The molecule has 2 heterocycles. The first-order valence-electron chi connectivity index (χ1n) is 7.99. The number of aromatic nitrogens is 2. The molecule has 6 heteroatoms. The molecule has 126 valence electrons. The molecule has 5 nitrogen and oxygen atoms in total. The normalized spacial score (nSPS) is 13.3. The van der Waals surface area contributed by atoms with Crippen molar-refractivity contribution in [3.63, 3.8) is 0 Å². The molecular formula is C19H16BrN3O2. The van der Waals surface area contributed by atoms with E-state index in [4.69, 9.17) is 4.74 Å².